The van der Waals surface area contributed by atoms with Crippen LogP contribution in [0.1, 0.15) is 5.56 Å². The van der Waals surface area contributed by atoms with Crippen LogP contribution in [0.15, 0.2) is 18.2 Å². The molecule has 2 rings (SSSR count). The largest absolute Gasteiger partial charge is 0.382 e. The number of nitrogens with zero attached hydrogens (tertiary/aromatic N) is 1. The third-order valence-corrected chi connectivity index (χ3v) is 3.27. The van der Waals surface area contributed by atoms with E-state index in [1.54, 1.807) is 13.2 Å². The maximum Gasteiger partial charge on any atom is 0.142 e. The molecule has 0 unspecified atom stereocenters. The maximum atomic E-state index is 13.3. The van der Waals surface area contributed by atoms with Crippen LogP contribution >= 0.6 is 11.6 Å². The molecule has 1 aliphatic heterocycles. The van der Waals surface area contributed by atoms with Crippen molar-refractivity contribution in [3.63, 3.8) is 0 Å². The lowest BCUT2D eigenvalue weighted by atomic mass is 10.2. The molecule has 1 aromatic carbocycles. The van der Waals surface area contributed by atoms with Gasteiger partial charge in [0.25, 0.3) is 0 Å². The first-order valence-corrected chi connectivity index (χ1v) is 6.33. The molecular weight excluding hydrogens is 257 g/mol. The van der Waals surface area contributed by atoms with Gasteiger partial charge >= 0.3 is 0 Å². The minimum atomic E-state index is -0.365. The first-order chi connectivity index (χ1) is 8.69. The molecule has 0 aromatic heterocycles. The summed E-state index contributed by atoms with van der Waals surface area (Å²) >= 11 is 5.66. The van der Waals surface area contributed by atoms with Gasteiger partial charge in [-0.1, -0.05) is 17.7 Å². The Balaban J connectivity index is 1.93. The van der Waals surface area contributed by atoms with Gasteiger partial charge in [-0.05, 0) is 17.7 Å². The average Bonchev–Trinajstić information content (AvgIpc) is 2.35. The molecule has 3 nitrogen and oxygen atoms in total. The Morgan fingerprint density at radius 3 is 3.11 bits per heavy atom. The van der Waals surface area contributed by atoms with Crippen LogP contribution in [0.5, 0.6) is 0 Å². The fourth-order valence-corrected chi connectivity index (χ4v) is 2.22. The van der Waals surface area contributed by atoms with E-state index in [1.807, 2.05) is 6.07 Å². The van der Waals surface area contributed by atoms with E-state index in [-0.39, 0.29) is 16.9 Å². The van der Waals surface area contributed by atoms with Crippen molar-refractivity contribution in [1.82, 2.24) is 4.90 Å². The predicted molar refractivity (Wildman–Crippen MR) is 68.3 cm³/mol. The Bertz CT molecular complexity index is 401. The minimum absolute atomic E-state index is 0.0981. The number of halogens is 2. The molecule has 0 bridgehead atoms. The summed E-state index contributed by atoms with van der Waals surface area (Å²) in [6, 6.07) is 4.94. The van der Waals surface area contributed by atoms with Crippen LogP contribution in [0.4, 0.5) is 4.39 Å². The highest BCUT2D eigenvalue weighted by Crippen LogP contribution is 2.17. The number of rotatable bonds is 4. The molecule has 1 aliphatic rings. The molecule has 0 aliphatic carbocycles. The SMILES string of the molecule is COC[C@@H]1CN(Cc2ccc(Cl)c(F)c2)CCO1. The van der Waals surface area contributed by atoms with Gasteiger partial charge in [0.05, 0.1) is 24.3 Å². The number of hydrogen-bond donors (Lipinski definition) is 0. The van der Waals surface area contributed by atoms with Crippen LogP contribution in [-0.4, -0.2) is 44.4 Å². The molecule has 1 saturated heterocycles. The van der Waals surface area contributed by atoms with Crippen molar-refractivity contribution in [3.05, 3.63) is 34.6 Å². The van der Waals surface area contributed by atoms with Crippen molar-refractivity contribution in [2.24, 2.45) is 0 Å². The predicted octanol–water partition coefficient (Wildman–Crippen LogP) is 2.33. The summed E-state index contributed by atoms with van der Waals surface area (Å²) in [5, 5.41) is 0.165. The van der Waals surface area contributed by atoms with Crippen molar-refractivity contribution in [2.45, 2.75) is 12.6 Å². The van der Waals surface area contributed by atoms with Gasteiger partial charge in [-0.25, -0.2) is 4.39 Å². The van der Waals surface area contributed by atoms with E-state index in [2.05, 4.69) is 4.90 Å². The zero-order chi connectivity index (χ0) is 13.0. The van der Waals surface area contributed by atoms with E-state index in [0.29, 0.717) is 19.8 Å². The summed E-state index contributed by atoms with van der Waals surface area (Å²) in [7, 11) is 1.66. The van der Waals surface area contributed by atoms with Gasteiger partial charge < -0.3 is 9.47 Å². The van der Waals surface area contributed by atoms with Crippen molar-refractivity contribution in [3.8, 4) is 0 Å². The summed E-state index contributed by atoms with van der Waals surface area (Å²) in [6.45, 7) is 3.63. The molecule has 0 N–H and O–H groups in total. The monoisotopic (exact) mass is 273 g/mol. The van der Waals surface area contributed by atoms with Crippen LogP contribution in [-0.2, 0) is 16.0 Å². The smallest absolute Gasteiger partial charge is 0.142 e. The highest BCUT2D eigenvalue weighted by molar-refractivity contribution is 6.30. The molecule has 1 heterocycles. The molecule has 100 valence electrons. The summed E-state index contributed by atoms with van der Waals surface area (Å²) in [5.41, 5.74) is 0.926. The fraction of sp³-hybridized carbons (Fsp3) is 0.538. The quantitative estimate of drug-likeness (QED) is 0.840. The van der Waals surface area contributed by atoms with Crippen molar-refractivity contribution in [1.29, 1.82) is 0 Å². The highest BCUT2D eigenvalue weighted by Gasteiger charge is 2.20. The van der Waals surface area contributed by atoms with Gasteiger partial charge in [-0.15, -0.1) is 0 Å². The van der Waals surface area contributed by atoms with Crippen molar-refractivity contribution >= 4 is 11.6 Å². The number of benzene rings is 1. The number of hydrogen-bond acceptors (Lipinski definition) is 3. The van der Waals surface area contributed by atoms with Crippen molar-refractivity contribution in [2.75, 3.05) is 33.4 Å². The second-order valence-corrected chi connectivity index (χ2v) is 4.84. The van der Waals surface area contributed by atoms with E-state index >= 15 is 0 Å². The standard InChI is InChI=1S/C13H17ClFNO2/c1-17-9-11-8-16(4-5-18-11)7-10-2-3-12(14)13(15)6-10/h2-3,6,11H,4-5,7-9H2,1H3/t11-/m0/s1. The fourth-order valence-electron chi connectivity index (χ4n) is 2.11. The lowest BCUT2D eigenvalue weighted by Crippen LogP contribution is -2.43. The minimum Gasteiger partial charge on any atom is -0.382 e. The second kappa shape index (κ2) is 6.48. The summed E-state index contributed by atoms with van der Waals surface area (Å²) in [5.74, 6) is -0.365. The molecule has 0 amide bonds. The van der Waals surface area contributed by atoms with E-state index in [4.69, 9.17) is 21.1 Å². The Morgan fingerprint density at radius 2 is 2.39 bits per heavy atom. The van der Waals surface area contributed by atoms with Crippen LogP contribution < -0.4 is 0 Å². The van der Waals surface area contributed by atoms with E-state index in [0.717, 1.165) is 18.7 Å². The number of methoxy groups -OCH3 is 1. The van der Waals surface area contributed by atoms with Gasteiger partial charge in [-0.3, -0.25) is 4.90 Å². The Hall–Kier alpha value is -0.680. The molecule has 5 heteroatoms. The molecule has 1 aromatic rings. The number of ether oxygens (including phenoxy) is 2. The Morgan fingerprint density at radius 1 is 1.56 bits per heavy atom. The molecule has 0 saturated carbocycles. The van der Waals surface area contributed by atoms with Gasteiger partial charge in [-0.2, -0.15) is 0 Å². The van der Waals surface area contributed by atoms with Crippen molar-refractivity contribution < 1.29 is 13.9 Å². The summed E-state index contributed by atoms with van der Waals surface area (Å²) < 4.78 is 24.0. The summed E-state index contributed by atoms with van der Waals surface area (Å²) in [6.07, 6.45) is 0.0981. The molecule has 0 spiro atoms. The molecular formula is C13H17ClFNO2. The Kier molecular flexibility index (Phi) is 4.95. The van der Waals surface area contributed by atoms with Crippen LogP contribution in [0.25, 0.3) is 0 Å². The maximum absolute atomic E-state index is 13.3. The first kappa shape index (κ1) is 13.7. The van der Waals surface area contributed by atoms with Gasteiger partial charge in [0.15, 0.2) is 0 Å². The third kappa shape index (κ3) is 3.65. The van der Waals surface area contributed by atoms with E-state index < -0.39 is 0 Å². The van der Waals surface area contributed by atoms with Crippen LogP contribution in [0, 0.1) is 5.82 Å². The number of morpholine rings is 1. The van der Waals surface area contributed by atoms with Gasteiger partial charge in [0.1, 0.15) is 5.82 Å². The molecule has 0 radical (unpaired) electrons. The topological polar surface area (TPSA) is 21.7 Å². The van der Waals surface area contributed by atoms with Gasteiger partial charge in [0.2, 0.25) is 0 Å². The first-order valence-electron chi connectivity index (χ1n) is 5.96. The van der Waals surface area contributed by atoms with Crippen LogP contribution in [0.2, 0.25) is 5.02 Å². The zero-order valence-electron chi connectivity index (χ0n) is 10.4. The molecule has 18 heavy (non-hydrogen) atoms. The molecule has 1 atom stereocenters. The second-order valence-electron chi connectivity index (χ2n) is 4.43. The van der Waals surface area contributed by atoms with Crippen LogP contribution in [0.3, 0.4) is 0 Å². The normalized spacial score (nSPS) is 21.2. The van der Waals surface area contributed by atoms with E-state index in [9.17, 15) is 4.39 Å². The zero-order valence-corrected chi connectivity index (χ0v) is 11.1. The molecule has 1 fully saturated rings. The average molecular weight is 274 g/mol. The highest BCUT2D eigenvalue weighted by atomic mass is 35.5. The van der Waals surface area contributed by atoms with Gasteiger partial charge in [0, 0.05) is 26.7 Å². The lowest BCUT2D eigenvalue weighted by molar-refractivity contribution is -0.0631. The summed E-state index contributed by atoms with van der Waals surface area (Å²) in [4.78, 5) is 2.23. The Labute approximate surface area is 111 Å². The third-order valence-electron chi connectivity index (χ3n) is 2.97. The lowest BCUT2D eigenvalue weighted by Gasteiger charge is -2.32. The van der Waals surface area contributed by atoms with E-state index in [1.165, 1.54) is 6.07 Å².